The Kier molecular flexibility index (Phi) is 7.60. The van der Waals surface area contributed by atoms with Crippen LogP contribution in [0.3, 0.4) is 0 Å². The van der Waals surface area contributed by atoms with Gasteiger partial charge in [0.05, 0.1) is 19.4 Å². The minimum atomic E-state index is -3.08. The molecule has 0 aliphatic rings. The van der Waals surface area contributed by atoms with Crippen LogP contribution in [0.1, 0.15) is 34.6 Å². The van der Waals surface area contributed by atoms with Gasteiger partial charge in [-0.3, -0.25) is 9.36 Å². The Hall–Kier alpha value is -0.440. The van der Waals surface area contributed by atoms with Crippen molar-refractivity contribution in [3.05, 3.63) is 11.6 Å². The molecule has 0 aliphatic heterocycles. The van der Waals surface area contributed by atoms with Crippen LogP contribution in [0.25, 0.3) is 0 Å². The van der Waals surface area contributed by atoms with Crippen LogP contribution in [-0.2, 0) is 18.4 Å². The molecule has 0 aliphatic carbocycles. The second-order valence-corrected chi connectivity index (χ2v) is 6.10. The molecule has 0 aromatic rings. The fraction of sp³-hybridized carbons (Fsp3) is 0.750. The Bertz CT molecular complexity index is 310. The van der Waals surface area contributed by atoms with E-state index in [1.807, 2.05) is 13.8 Å². The Labute approximate surface area is 104 Å². The van der Waals surface area contributed by atoms with Crippen molar-refractivity contribution >= 4 is 13.4 Å². The van der Waals surface area contributed by atoms with Crippen LogP contribution >= 0.6 is 7.60 Å². The molecule has 0 bridgehead atoms. The highest BCUT2D eigenvalue weighted by Gasteiger charge is 2.22. The molecule has 0 spiro atoms. The summed E-state index contributed by atoms with van der Waals surface area (Å²) >= 11 is 0. The van der Waals surface area contributed by atoms with E-state index >= 15 is 0 Å². The molecule has 0 aromatic heterocycles. The Morgan fingerprint density at radius 1 is 1.24 bits per heavy atom. The van der Waals surface area contributed by atoms with Gasteiger partial charge >= 0.3 is 7.60 Å². The lowest BCUT2D eigenvalue weighted by molar-refractivity contribution is -0.114. The van der Waals surface area contributed by atoms with Crippen molar-refractivity contribution in [3.63, 3.8) is 0 Å². The van der Waals surface area contributed by atoms with Crippen molar-refractivity contribution in [2.75, 3.05) is 19.4 Å². The van der Waals surface area contributed by atoms with E-state index in [9.17, 15) is 9.36 Å². The van der Waals surface area contributed by atoms with E-state index in [4.69, 9.17) is 9.05 Å². The summed E-state index contributed by atoms with van der Waals surface area (Å²) in [6, 6.07) is 0. The first-order chi connectivity index (χ1) is 7.86. The van der Waals surface area contributed by atoms with E-state index in [0.717, 1.165) is 0 Å². The maximum atomic E-state index is 12.2. The van der Waals surface area contributed by atoms with Crippen molar-refractivity contribution in [1.29, 1.82) is 0 Å². The molecule has 0 aromatic carbocycles. The molecular weight excluding hydrogens is 239 g/mol. The van der Waals surface area contributed by atoms with Crippen LogP contribution < -0.4 is 0 Å². The predicted octanol–water partition coefficient (Wildman–Crippen LogP) is 3.42. The van der Waals surface area contributed by atoms with Gasteiger partial charge in [0.15, 0.2) is 5.78 Å². The van der Waals surface area contributed by atoms with Crippen molar-refractivity contribution in [2.24, 2.45) is 5.92 Å². The molecule has 17 heavy (non-hydrogen) atoms. The van der Waals surface area contributed by atoms with Gasteiger partial charge in [-0.25, -0.2) is 0 Å². The molecule has 0 saturated heterocycles. The van der Waals surface area contributed by atoms with Gasteiger partial charge in [-0.05, 0) is 32.3 Å². The number of hydrogen-bond acceptors (Lipinski definition) is 4. The number of carbonyl (C=O) groups excluding carboxylic acids is 1. The monoisotopic (exact) mass is 262 g/mol. The second-order valence-electron chi connectivity index (χ2n) is 4.00. The van der Waals surface area contributed by atoms with Crippen molar-refractivity contribution in [2.45, 2.75) is 34.6 Å². The zero-order chi connectivity index (χ0) is 13.5. The molecule has 0 heterocycles. The SMILES string of the molecule is CCOP(=O)(C/C=C(\C(C)=O)C(C)C)OCC. The maximum absolute atomic E-state index is 12.2. The van der Waals surface area contributed by atoms with Crippen LogP contribution in [0.2, 0.25) is 0 Å². The van der Waals surface area contributed by atoms with Crippen molar-refractivity contribution < 1.29 is 18.4 Å². The molecule has 0 saturated carbocycles. The minimum Gasteiger partial charge on any atom is -0.309 e. The molecule has 0 amide bonds. The zero-order valence-electron chi connectivity index (χ0n) is 11.4. The van der Waals surface area contributed by atoms with Gasteiger partial charge in [0.1, 0.15) is 0 Å². The zero-order valence-corrected chi connectivity index (χ0v) is 12.3. The summed E-state index contributed by atoms with van der Waals surface area (Å²) in [7, 11) is -3.08. The summed E-state index contributed by atoms with van der Waals surface area (Å²) in [4.78, 5) is 11.4. The van der Waals surface area contributed by atoms with Crippen LogP contribution in [0.5, 0.6) is 0 Å². The molecule has 0 radical (unpaired) electrons. The average Bonchev–Trinajstić information content (AvgIpc) is 2.17. The quantitative estimate of drug-likeness (QED) is 0.497. The van der Waals surface area contributed by atoms with Gasteiger partial charge in [0.2, 0.25) is 0 Å². The number of Topliss-reactive ketones (excluding diaryl/α,β-unsaturated/α-hetero) is 1. The summed E-state index contributed by atoms with van der Waals surface area (Å²) in [6.45, 7) is 9.58. The highest BCUT2D eigenvalue weighted by Crippen LogP contribution is 2.48. The molecule has 0 fully saturated rings. The fourth-order valence-electron chi connectivity index (χ4n) is 1.53. The van der Waals surface area contributed by atoms with E-state index in [1.54, 1.807) is 19.9 Å². The standard InChI is InChI=1S/C12H23O4P/c1-6-15-17(14,16-7-2)9-8-12(10(3)4)11(5)13/h8,10H,6-7,9H2,1-5H3/b12-8-. The fourth-order valence-corrected chi connectivity index (χ4v) is 3.02. The van der Waals surface area contributed by atoms with Gasteiger partial charge < -0.3 is 9.05 Å². The number of carbonyl (C=O) groups is 1. The molecule has 100 valence electrons. The summed E-state index contributed by atoms with van der Waals surface area (Å²) in [5.41, 5.74) is 0.671. The van der Waals surface area contributed by atoms with Crippen molar-refractivity contribution in [1.82, 2.24) is 0 Å². The summed E-state index contributed by atoms with van der Waals surface area (Å²) < 4.78 is 22.5. The summed E-state index contributed by atoms with van der Waals surface area (Å²) in [6.07, 6.45) is 1.83. The normalized spacial score (nSPS) is 13.2. The first-order valence-corrected chi connectivity index (χ1v) is 7.68. The lowest BCUT2D eigenvalue weighted by atomic mass is 10.00. The molecule has 0 N–H and O–H groups in total. The maximum Gasteiger partial charge on any atom is 0.334 e. The number of hydrogen-bond donors (Lipinski definition) is 0. The number of allylic oxidation sites excluding steroid dienone is 2. The third kappa shape index (κ3) is 6.16. The molecule has 4 nitrogen and oxygen atoms in total. The Balaban J connectivity index is 4.82. The minimum absolute atomic E-state index is 0.000420. The molecule has 5 heteroatoms. The third-order valence-electron chi connectivity index (χ3n) is 2.21. The van der Waals surface area contributed by atoms with Crippen LogP contribution in [0.4, 0.5) is 0 Å². The summed E-state index contributed by atoms with van der Waals surface area (Å²) in [5, 5.41) is 0. The van der Waals surface area contributed by atoms with Crippen molar-refractivity contribution in [3.8, 4) is 0 Å². The van der Waals surface area contributed by atoms with E-state index < -0.39 is 7.60 Å². The van der Waals surface area contributed by atoms with Crippen LogP contribution in [0.15, 0.2) is 11.6 Å². The lowest BCUT2D eigenvalue weighted by Gasteiger charge is -2.16. The Morgan fingerprint density at radius 2 is 1.71 bits per heavy atom. The van der Waals surface area contributed by atoms with Gasteiger partial charge in [-0.15, -0.1) is 0 Å². The lowest BCUT2D eigenvalue weighted by Crippen LogP contribution is -2.06. The second kappa shape index (κ2) is 7.80. The summed E-state index contributed by atoms with van der Waals surface area (Å²) in [5.74, 6) is 0.115. The topological polar surface area (TPSA) is 52.6 Å². The highest BCUT2D eigenvalue weighted by atomic mass is 31.2. The first-order valence-electron chi connectivity index (χ1n) is 5.95. The van der Waals surface area contributed by atoms with Gasteiger partial charge in [-0.2, -0.15) is 0 Å². The van der Waals surface area contributed by atoms with Gasteiger partial charge in [-0.1, -0.05) is 19.9 Å². The molecular formula is C12H23O4P. The van der Waals surface area contributed by atoms with E-state index in [1.165, 1.54) is 6.92 Å². The highest BCUT2D eigenvalue weighted by molar-refractivity contribution is 7.54. The third-order valence-corrected chi connectivity index (χ3v) is 4.15. The van der Waals surface area contributed by atoms with E-state index in [0.29, 0.717) is 18.8 Å². The van der Waals surface area contributed by atoms with Gasteiger partial charge in [0.25, 0.3) is 0 Å². The smallest absolute Gasteiger partial charge is 0.309 e. The van der Waals surface area contributed by atoms with E-state index in [-0.39, 0.29) is 17.9 Å². The largest absolute Gasteiger partial charge is 0.334 e. The van der Waals surface area contributed by atoms with E-state index in [2.05, 4.69) is 0 Å². The van der Waals surface area contributed by atoms with Crippen LogP contribution in [0, 0.1) is 5.92 Å². The molecule has 0 unspecified atom stereocenters. The van der Waals surface area contributed by atoms with Crippen LogP contribution in [-0.4, -0.2) is 25.2 Å². The van der Waals surface area contributed by atoms with Gasteiger partial charge in [0, 0.05) is 0 Å². The Morgan fingerprint density at radius 3 is 2.00 bits per heavy atom. The first kappa shape index (κ1) is 16.6. The molecule has 0 rings (SSSR count). The molecule has 0 atom stereocenters. The predicted molar refractivity (Wildman–Crippen MR) is 69.3 cm³/mol. The number of rotatable bonds is 8. The number of ketones is 1. The average molecular weight is 262 g/mol.